The first kappa shape index (κ1) is 20.5. The number of hydrazone groups is 1. The minimum atomic E-state index is -1.20. The van der Waals surface area contributed by atoms with E-state index >= 15 is 0 Å². The number of carbonyl (C=O) groups excluding carboxylic acids is 2. The van der Waals surface area contributed by atoms with Gasteiger partial charge >= 0.3 is 6.03 Å². The van der Waals surface area contributed by atoms with Gasteiger partial charge in [-0.1, -0.05) is 12.1 Å². The first-order valence-electron chi connectivity index (χ1n) is 9.88. The molecule has 4 rings (SSSR count). The van der Waals surface area contributed by atoms with Crippen molar-refractivity contribution < 1.29 is 18.7 Å². The van der Waals surface area contributed by atoms with Crippen LogP contribution >= 0.6 is 0 Å². The summed E-state index contributed by atoms with van der Waals surface area (Å²) in [4.78, 5) is 25.6. The Morgan fingerprint density at radius 2 is 1.94 bits per heavy atom. The number of amides is 3. The monoisotopic (exact) mass is 420 g/mol. The number of methoxy groups -OCH3 is 1. The lowest BCUT2D eigenvalue weighted by Crippen LogP contribution is -2.40. The maximum Gasteiger partial charge on any atom is 0.346 e. The number of aryl methyl sites for hydroxylation is 1. The predicted molar refractivity (Wildman–Crippen MR) is 115 cm³/mol. The van der Waals surface area contributed by atoms with Crippen molar-refractivity contribution in [3.63, 3.8) is 0 Å². The molecule has 0 radical (unpaired) electrons. The summed E-state index contributed by atoms with van der Waals surface area (Å²) in [6.07, 6.45) is 3.18. The number of hydrogen-bond acceptors (Lipinski definition) is 5. The molecule has 1 N–H and O–H groups in total. The summed E-state index contributed by atoms with van der Waals surface area (Å²) in [6, 6.07) is 12.2. The van der Waals surface area contributed by atoms with Crippen LogP contribution in [0.2, 0.25) is 0 Å². The van der Waals surface area contributed by atoms with Crippen molar-refractivity contribution in [2.24, 2.45) is 5.10 Å². The van der Waals surface area contributed by atoms with Crippen LogP contribution < -0.4 is 10.1 Å². The van der Waals surface area contributed by atoms with E-state index in [4.69, 9.17) is 9.15 Å². The Labute approximate surface area is 180 Å². The van der Waals surface area contributed by atoms with Crippen LogP contribution in [0, 0.1) is 13.8 Å². The van der Waals surface area contributed by atoms with Gasteiger partial charge in [0.15, 0.2) is 0 Å². The number of imide groups is 1. The van der Waals surface area contributed by atoms with E-state index < -0.39 is 17.5 Å². The molecule has 1 aliphatic heterocycles. The van der Waals surface area contributed by atoms with Crippen LogP contribution in [-0.2, 0) is 16.9 Å². The van der Waals surface area contributed by atoms with Crippen LogP contribution in [0.5, 0.6) is 5.75 Å². The van der Waals surface area contributed by atoms with Gasteiger partial charge in [0.1, 0.15) is 17.0 Å². The zero-order valence-electron chi connectivity index (χ0n) is 17.9. The summed E-state index contributed by atoms with van der Waals surface area (Å²) in [5.41, 5.74) is 2.26. The van der Waals surface area contributed by atoms with Gasteiger partial charge < -0.3 is 19.0 Å². The molecule has 1 atom stereocenters. The Kier molecular flexibility index (Phi) is 5.14. The Hall–Kier alpha value is -3.81. The molecule has 1 saturated heterocycles. The molecule has 1 aromatic carbocycles. The van der Waals surface area contributed by atoms with E-state index in [0.29, 0.717) is 17.9 Å². The van der Waals surface area contributed by atoms with Gasteiger partial charge in [-0.15, -0.1) is 5.01 Å². The van der Waals surface area contributed by atoms with E-state index in [1.807, 2.05) is 32.0 Å². The lowest BCUT2D eigenvalue weighted by atomic mass is 9.92. The molecule has 0 saturated carbocycles. The molecule has 1 fully saturated rings. The molecule has 8 nitrogen and oxygen atoms in total. The maximum atomic E-state index is 13.1. The normalized spacial score (nSPS) is 18.8. The van der Waals surface area contributed by atoms with Gasteiger partial charge in [0.2, 0.25) is 0 Å². The van der Waals surface area contributed by atoms with Gasteiger partial charge in [-0.05, 0) is 56.7 Å². The summed E-state index contributed by atoms with van der Waals surface area (Å²) in [5.74, 6) is 1.07. The number of furan rings is 1. The summed E-state index contributed by atoms with van der Waals surface area (Å²) in [7, 11) is 1.57. The van der Waals surface area contributed by atoms with Crippen molar-refractivity contribution in [2.45, 2.75) is 32.9 Å². The van der Waals surface area contributed by atoms with Gasteiger partial charge in [0.05, 0.1) is 26.1 Å². The van der Waals surface area contributed by atoms with Crippen molar-refractivity contribution in [1.82, 2.24) is 14.9 Å². The van der Waals surface area contributed by atoms with E-state index in [1.165, 1.54) is 6.21 Å². The molecule has 3 amide bonds. The van der Waals surface area contributed by atoms with E-state index in [0.717, 1.165) is 27.7 Å². The molecule has 160 valence electrons. The molecule has 31 heavy (non-hydrogen) atoms. The standard InChI is InChI=1S/C23H24N4O4/c1-15-12-17(16(2)26(15)14-20-6-5-11-31-20)13-24-27-21(28)23(3,25-22(27)29)18-7-9-19(30-4)10-8-18/h5-13H,14H2,1-4H3,(H,25,29)/b24-13-/t23-/m0/s1. The number of ether oxygens (including phenoxy) is 1. The molecule has 0 bridgehead atoms. The van der Waals surface area contributed by atoms with Crippen LogP contribution in [0.4, 0.5) is 4.79 Å². The van der Waals surface area contributed by atoms with Crippen LogP contribution in [0.15, 0.2) is 58.2 Å². The van der Waals surface area contributed by atoms with Crippen molar-refractivity contribution in [3.8, 4) is 5.75 Å². The Bertz CT molecular complexity index is 1150. The minimum Gasteiger partial charge on any atom is -0.497 e. The minimum absolute atomic E-state index is 0.441. The molecule has 1 aliphatic rings. The molecular weight excluding hydrogens is 396 g/mol. The third kappa shape index (κ3) is 3.61. The number of benzene rings is 1. The largest absolute Gasteiger partial charge is 0.497 e. The highest BCUT2D eigenvalue weighted by Gasteiger charge is 2.49. The molecule has 2 aromatic heterocycles. The fraction of sp³-hybridized carbons (Fsp3) is 0.261. The molecule has 0 spiro atoms. The first-order valence-corrected chi connectivity index (χ1v) is 9.88. The third-order valence-electron chi connectivity index (χ3n) is 5.66. The lowest BCUT2D eigenvalue weighted by molar-refractivity contribution is -0.131. The average Bonchev–Trinajstić information content (AvgIpc) is 3.43. The molecule has 3 heterocycles. The SMILES string of the molecule is COc1ccc([C@]2(C)NC(=O)N(/N=C\c3cc(C)n(Cc4ccco4)c3C)C2=O)cc1. The van der Waals surface area contributed by atoms with Gasteiger partial charge in [-0.2, -0.15) is 5.10 Å². The number of rotatable bonds is 6. The number of urea groups is 1. The van der Waals surface area contributed by atoms with Crippen LogP contribution in [-0.4, -0.2) is 34.8 Å². The number of nitrogens with zero attached hydrogens (tertiary/aromatic N) is 3. The van der Waals surface area contributed by atoms with Crippen molar-refractivity contribution >= 4 is 18.2 Å². The number of aromatic nitrogens is 1. The van der Waals surface area contributed by atoms with Crippen LogP contribution in [0.3, 0.4) is 0 Å². The van der Waals surface area contributed by atoms with Gasteiger partial charge in [0.25, 0.3) is 5.91 Å². The third-order valence-corrected chi connectivity index (χ3v) is 5.66. The summed E-state index contributed by atoms with van der Waals surface area (Å²) in [6.45, 7) is 6.21. The second-order valence-electron chi connectivity index (χ2n) is 7.64. The summed E-state index contributed by atoms with van der Waals surface area (Å²) >= 11 is 0. The number of nitrogens with one attached hydrogen (secondary N) is 1. The van der Waals surface area contributed by atoms with E-state index in [9.17, 15) is 9.59 Å². The zero-order chi connectivity index (χ0) is 22.2. The average molecular weight is 420 g/mol. The topological polar surface area (TPSA) is 89.1 Å². The predicted octanol–water partition coefficient (Wildman–Crippen LogP) is 3.56. The highest BCUT2D eigenvalue weighted by molar-refractivity contribution is 6.07. The fourth-order valence-corrected chi connectivity index (χ4v) is 3.73. The van der Waals surface area contributed by atoms with Crippen molar-refractivity contribution in [2.75, 3.05) is 7.11 Å². The Morgan fingerprint density at radius 3 is 2.58 bits per heavy atom. The lowest BCUT2D eigenvalue weighted by Gasteiger charge is -2.21. The number of hydrogen-bond donors (Lipinski definition) is 1. The van der Waals surface area contributed by atoms with Gasteiger partial charge in [-0.3, -0.25) is 4.79 Å². The quantitative estimate of drug-likeness (QED) is 0.488. The first-order chi connectivity index (χ1) is 14.8. The highest BCUT2D eigenvalue weighted by atomic mass is 16.5. The van der Waals surface area contributed by atoms with Gasteiger partial charge in [0, 0.05) is 17.0 Å². The van der Waals surface area contributed by atoms with Gasteiger partial charge in [-0.25, -0.2) is 4.79 Å². The van der Waals surface area contributed by atoms with E-state index in [-0.39, 0.29) is 0 Å². The van der Waals surface area contributed by atoms with Crippen molar-refractivity contribution in [3.05, 3.63) is 77.0 Å². The molecular formula is C23H24N4O4. The van der Waals surface area contributed by atoms with Crippen molar-refractivity contribution in [1.29, 1.82) is 0 Å². The maximum absolute atomic E-state index is 13.1. The van der Waals surface area contributed by atoms with E-state index in [2.05, 4.69) is 15.0 Å². The summed E-state index contributed by atoms with van der Waals surface area (Å²) < 4.78 is 12.7. The Balaban J connectivity index is 1.56. The molecule has 0 aliphatic carbocycles. The van der Waals surface area contributed by atoms with Crippen LogP contribution in [0.25, 0.3) is 0 Å². The van der Waals surface area contributed by atoms with Crippen LogP contribution in [0.1, 0.15) is 35.2 Å². The smallest absolute Gasteiger partial charge is 0.346 e. The number of carbonyl (C=O) groups is 2. The molecule has 3 aromatic rings. The zero-order valence-corrected chi connectivity index (χ0v) is 17.9. The molecule has 0 unspecified atom stereocenters. The summed E-state index contributed by atoms with van der Waals surface area (Å²) in [5, 5.41) is 7.83. The highest BCUT2D eigenvalue weighted by Crippen LogP contribution is 2.30. The fourth-order valence-electron chi connectivity index (χ4n) is 3.73. The molecule has 8 heteroatoms. The van der Waals surface area contributed by atoms with E-state index in [1.54, 1.807) is 44.6 Å². The second-order valence-corrected chi connectivity index (χ2v) is 7.64. The Morgan fingerprint density at radius 1 is 1.19 bits per heavy atom. The second kappa shape index (κ2) is 7.79.